The molecule has 1 atom stereocenters. The van der Waals surface area contributed by atoms with Crippen LogP contribution in [-0.2, 0) is 0 Å². The van der Waals surface area contributed by atoms with Gasteiger partial charge in [0.15, 0.2) is 5.76 Å². The number of H-pyrrole nitrogens is 1. The largest absolute Gasteiger partial charge is 0.422 e. The third kappa shape index (κ3) is 3.12. The van der Waals surface area contributed by atoms with E-state index in [1.807, 2.05) is 0 Å². The highest BCUT2D eigenvalue weighted by molar-refractivity contribution is 5.78. The van der Waals surface area contributed by atoms with Gasteiger partial charge in [0.25, 0.3) is 5.56 Å². The van der Waals surface area contributed by atoms with Gasteiger partial charge >= 0.3 is 6.01 Å². The lowest BCUT2D eigenvalue weighted by molar-refractivity contribution is 0.417. The van der Waals surface area contributed by atoms with Gasteiger partial charge in [-0.3, -0.25) is 19.8 Å². The average molecular weight is 300 g/mol. The number of aliphatic imine (C=N–C) groups is 1. The molecule has 0 amide bonds. The van der Waals surface area contributed by atoms with Crippen LogP contribution < -0.4 is 21.3 Å². The number of ether oxygens (including phenoxy) is 1. The Morgan fingerprint density at radius 1 is 1.55 bits per heavy atom. The number of nitrogens with zero attached hydrogens (tertiary/aromatic N) is 3. The van der Waals surface area contributed by atoms with Crippen molar-refractivity contribution in [2.24, 2.45) is 10.7 Å². The highest BCUT2D eigenvalue weighted by Crippen LogP contribution is 2.10. The number of nitrogens with two attached hydrogens (primary N) is 1. The highest BCUT2D eigenvalue weighted by Gasteiger charge is 2.12. The first-order chi connectivity index (χ1) is 10.8. The summed E-state index contributed by atoms with van der Waals surface area (Å²) in [6.45, 7) is 1.79. The number of aromatic nitrogens is 3. The third-order valence-corrected chi connectivity index (χ3v) is 3.31. The first-order valence-corrected chi connectivity index (χ1v) is 6.94. The number of allylic oxidation sites excluding steroid dienone is 1. The first-order valence-electron chi connectivity index (χ1n) is 6.94. The van der Waals surface area contributed by atoms with Gasteiger partial charge in [0.2, 0.25) is 0 Å². The topological polar surface area (TPSA) is 118 Å². The molecule has 0 aliphatic carbocycles. The molecular weight excluding hydrogens is 284 g/mol. The Hall–Kier alpha value is -2.74. The molecule has 0 spiro atoms. The Balaban J connectivity index is 1.80. The molecule has 0 radical (unpaired) electrons. The van der Waals surface area contributed by atoms with Gasteiger partial charge in [-0.15, -0.1) is 0 Å². The zero-order valence-electron chi connectivity index (χ0n) is 11.8. The predicted octanol–water partition coefficient (Wildman–Crippen LogP) is -0.0703. The molecule has 1 aliphatic rings. The Bertz CT molecular complexity index is 776. The van der Waals surface area contributed by atoms with E-state index < -0.39 is 0 Å². The van der Waals surface area contributed by atoms with E-state index >= 15 is 0 Å². The summed E-state index contributed by atoms with van der Waals surface area (Å²) >= 11 is 0. The van der Waals surface area contributed by atoms with Crippen LogP contribution in [0.5, 0.6) is 6.01 Å². The van der Waals surface area contributed by atoms with Gasteiger partial charge in [-0.2, -0.15) is 4.98 Å². The van der Waals surface area contributed by atoms with Crippen molar-refractivity contribution >= 4 is 17.1 Å². The summed E-state index contributed by atoms with van der Waals surface area (Å²) < 4.78 is 5.48. The molecule has 0 bridgehead atoms. The zero-order valence-corrected chi connectivity index (χ0v) is 11.8. The molecule has 0 aromatic carbocycles. The zero-order chi connectivity index (χ0) is 15.4. The van der Waals surface area contributed by atoms with Crippen molar-refractivity contribution in [2.45, 2.75) is 12.5 Å². The van der Waals surface area contributed by atoms with E-state index in [4.69, 9.17) is 10.5 Å². The number of hydrogen-bond acceptors (Lipinski definition) is 7. The van der Waals surface area contributed by atoms with Gasteiger partial charge in [-0.1, -0.05) is 0 Å². The van der Waals surface area contributed by atoms with Crippen molar-refractivity contribution in [3.63, 3.8) is 0 Å². The van der Waals surface area contributed by atoms with Crippen LogP contribution in [0, 0.1) is 0 Å². The summed E-state index contributed by atoms with van der Waals surface area (Å²) in [5.74, 6) is 0.318. The van der Waals surface area contributed by atoms with E-state index in [-0.39, 0.29) is 17.6 Å². The minimum Gasteiger partial charge on any atom is -0.422 e. The van der Waals surface area contributed by atoms with Gasteiger partial charge in [-0.25, -0.2) is 0 Å². The summed E-state index contributed by atoms with van der Waals surface area (Å²) in [6, 6.07) is 1.86. The van der Waals surface area contributed by atoms with Crippen molar-refractivity contribution < 1.29 is 4.74 Å². The molecule has 0 saturated carbocycles. The van der Waals surface area contributed by atoms with E-state index in [9.17, 15) is 4.79 Å². The number of nitrogens with one attached hydrogen (secondary N) is 2. The molecule has 114 valence electrons. The van der Waals surface area contributed by atoms with Crippen LogP contribution in [0.3, 0.4) is 0 Å². The number of hydrogen-bond donors (Lipinski definition) is 3. The molecule has 3 heterocycles. The molecule has 1 aliphatic heterocycles. The lowest BCUT2D eigenvalue weighted by Gasteiger charge is -2.06. The van der Waals surface area contributed by atoms with Crippen LogP contribution in [0.15, 0.2) is 40.2 Å². The van der Waals surface area contributed by atoms with E-state index in [1.54, 1.807) is 12.3 Å². The lowest BCUT2D eigenvalue weighted by Crippen LogP contribution is -2.14. The fourth-order valence-corrected chi connectivity index (χ4v) is 2.18. The minimum absolute atomic E-state index is 0.0539. The third-order valence-electron chi connectivity index (χ3n) is 3.31. The van der Waals surface area contributed by atoms with Gasteiger partial charge in [0, 0.05) is 18.9 Å². The normalized spacial score (nSPS) is 19.1. The summed E-state index contributed by atoms with van der Waals surface area (Å²) in [4.78, 5) is 27.0. The van der Waals surface area contributed by atoms with E-state index in [2.05, 4.69) is 25.3 Å². The molecule has 1 saturated heterocycles. The van der Waals surface area contributed by atoms with Crippen LogP contribution in [0.1, 0.15) is 6.42 Å². The van der Waals surface area contributed by atoms with E-state index in [0.717, 1.165) is 19.5 Å². The fraction of sp³-hybridized carbons (Fsp3) is 0.286. The summed E-state index contributed by atoms with van der Waals surface area (Å²) in [7, 11) is 0. The second-order valence-electron chi connectivity index (χ2n) is 4.86. The maximum absolute atomic E-state index is 11.9. The van der Waals surface area contributed by atoms with Gasteiger partial charge in [0.1, 0.15) is 0 Å². The van der Waals surface area contributed by atoms with Crippen molar-refractivity contribution in [3.05, 3.63) is 40.8 Å². The van der Waals surface area contributed by atoms with Crippen molar-refractivity contribution in [1.29, 1.82) is 0 Å². The lowest BCUT2D eigenvalue weighted by atomic mass is 10.3. The fourth-order valence-electron chi connectivity index (χ4n) is 2.18. The highest BCUT2D eigenvalue weighted by atomic mass is 16.5. The average Bonchev–Trinajstić information content (AvgIpc) is 3.05. The molecule has 3 rings (SSSR count). The van der Waals surface area contributed by atoms with E-state index in [1.165, 1.54) is 18.6 Å². The minimum atomic E-state index is -0.296. The summed E-state index contributed by atoms with van der Waals surface area (Å²) in [5, 5.41) is 3.67. The van der Waals surface area contributed by atoms with Gasteiger partial charge in [-0.05, 0) is 19.0 Å². The predicted molar refractivity (Wildman–Crippen MR) is 82.8 cm³/mol. The SMILES string of the molecule is NC=C(C=NC1CCNC1)Oc1nc2cnccc2c(=O)[nH]1. The number of rotatable bonds is 4. The van der Waals surface area contributed by atoms with Gasteiger partial charge < -0.3 is 15.8 Å². The maximum atomic E-state index is 11.9. The Morgan fingerprint density at radius 2 is 2.45 bits per heavy atom. The van der Waals surface area contributed by atoms with Crippen LogP contribution in [-0.4, -0.2) is 40.3 Å². The first kappa shape index (κ1) is 14.2. The van der Waals surface area contributed by atoms with Crippen LogP contribution in [0.25, 0.3) is 10.9 Å². The Morgan fingerprint density at radius 3 is 3.23 bits per heavy atom. The Kier molecular flexibility index (Phi) is 4.10. The second-order valence-corrected chi connectivity index (χ2v) is 4.86. The number of fused-ring (bicyclic) bond motifs is 1. The molecule has 8 heteroatoms. The Labute approximate surface area is 126 Å². The number of pyridine rings is 1. The molecular formula is C14H16N6O2. The molecule has 22 heavy (non-hydrogen) atoms. The van der Waals surface area contributed by atoms with Crippen LogP contribution >= 0.6 is 0 Å². The standard InChI is InChI=1S/C14H16N6O2/c15-5-10(7-18-9-1-3-16-6-9)22-14-19-12-8-17-4-2-11(12)13(21)20-14/h2,4-5,7-9,16H,1,3,6,15H2,(H,19,20,21). The van der Waals surface area contributed by atoms with Crippen LogP contribution in [0.4, 0.5) is 0 Å². The van der Waals surface area contributed by atoms with Crippen LogP contribution in [0.2, 0.25) is 0 Å². The second kappa shape index (κ2) is 6.35. The molecule has 2 aromatic rings. The van der Waals surface area contributed by atoms with E-state index in [0.29, 0.717) is 16.7 Å². The number of aromatic amines is 1. The maximum Gasteiger partial charge on any atom is 0.302 e. The summed E-state index contributed by atoms with van der Waals surface area (Å²) in [6.07, 6.45) is 6.84. The van der Waals surface area contributed by atoms with Crippen molar-refractivity contribution in [2.75, 3.05) is 13.1 Å². The molecule has 4 N–H and O–H groups in total. The smallest absolute Gasteiger partial charge is 0.302 e. The molecule has 2 aromatic heterocycles. The monoisotopic (exact) mass is 300 g/mol. The molecule has 1 fully saturated rings. The van der Waals surface area contributed by atoms with Gasteiger partial charge in [0.05, 0.1) is 29.4 Å². The quantitative estimate of drug-likeness (QED) is 0.537. The molecule has 1 unspecified atom stereocenters. The molecule has 8 nitrogen and oxygen atoms in total. The summed E-state index contributed by atoms with van der Waals surface area (Å²) in [5.41, 5.74) is 5.69. The van der Waals surface area contributed by atoms with Crippen molar-refractivity contribution in [1.82, 2.24) is 20.3 Å². The van der Waals surface area contributed by atoms with Crippen molar-refractivity contribution in [3.8, 4) is 6.01 Å².